The summed E-state index contributed by atoms with van der Waals surface area (Å²) < 4.78 is 18.3. The van der Waals surface area contributed by atoms with Crippen LogP contribution < -0.4 is 19.9 Å². The van der Waals surface area contributed by atoms with Crippen LogP contribution in [-0.2, 0) is 6.54 Å². The van der Waals surface area contributed by atoms with Crippen LogP contribution in [0.15, 0.2) is 42.5 Å². The summed E-state index contributed by atoms with van der Waals surface area (Å²) in [6, 6.07) is 13.0. The minimum Gasteiger partial charge on any atom is -0.493 e. The van der Waals surface area contributed by atoms with Crippen molar-refractivity contribution in [1.82, 2.24) is 4.57 Å². The number of nitrogens with zero attached hydrogens (tertiary/aromatic N) is 1. The molecule has 0 spiro atoms. The highest BCUT2D eigenvalue weighted by Gasteiger charge is 2.19. The Balaban J connectivity index is 2.14. The minimum absolute atomic E-state index is 0.471. The second-order valence-electron chi connectivity index (χ2n) is 6.52. The van der Waals surface area contributed by atoms with Gasteiger partial charge in [0, 0.05) is 23.0 Å². The molecular weight excluding hydrogens is 392 g/mol. The zero-order chi connectivity index (χ0) is 21.1. The number of halogens is 1. The maximum Gasteiger partial charge on any atom is 0.250 e. The Bertz CT molecular complexity index is 1020. The zero-order valence-corrected chi connectivity index (χ0v) is 17.5. The van der Waals surface area contributed by atoms with E-state index in [4.69, 9.17) is 31.5 Å². The molecule has 0 unspecified atom stereocenters. The Kier molecular flexibility index (Phi) is 6.03. The molecule has 0 aliphatic heterocycles. The molecule has 29 heavy (non-hydrogen) atoms. The molecule has 0 bridgehead atoms. The summed E-state index contributed by atoms with van der Waals surface area (Å²) in [5, 5.41) is 0.642. The first-order chi connectivity index (χ1) is 13.9. The smallest absolute Gasteiger partial charge is 0.250 e. The van der Waals surface area contributed by atoms with Gasteiger partial charge in [-0.05, 0) is 48.4 Å². The predicted octanol–water partition coefficient (Wildman–Crippen LogP) is 4.29. The van der Waals surface area contributed by atoms with E-state index in [1.165, 1.54) is 0 Å². The van der Waals surface area contributed by atoms with Crippen molar-refractivity contribution in [2.75, 3.05) is 21.3 Å². The Hall–Kier alpha value is -3.12. The van der Waals surface area contributed by atoms with Gasteiger partial charge < -0.3 is 24.5 Å². The predicted molar refractivity (Wildman–Crippen MR) is 113 cm³/mol. The molecule has 0 aliphatic rings. The lowest BCUT2D eigenvalue weighted by Gasteiger charge is -2.17. The van der Waals surface area contributed by atoms with Gasteiger partial charge in [-0.15, -0.1) is 0 Å². The molecule has 2 N–H and O–H groups in total. The number of carbonyl (C=O) groups excluding carboxylic acids is 1. The Labute approximate surface area is 174 Å². The van der Waals surface area contributed by atoms with E-state index >= 15 is 0 Å². The fourth-order valence-electron chi connectivity index (χ4n) is 3.37. The van der Waals surface area contributed by atoms with E-state index in [0.717, 1.165) is 22.5 Å². The summed E-state index contributed by atoms with van der Waals surface area (Å²) in [4.78, 5) is 11.9. The first-order valence-corrected chi connectivity index (χ1v) is 9.32. The molecule has 0 saturated carbocycles. The second kappa shape index (κ2) is 8.49. The molecule has 3 rings (SSSR count). The third kappa shape index (κ3) is 4.03. The Morgan fingerprint density at radius 1 is 1.00 bits per heavy atom. The maximum atomic E-state index is 11.9. The maximum absolute atomic E-state index is 11.9. The number of hydrogen-bond acceptors (Lipinski definition) is 4. The SMILES string of the molecule is COc1cc(Cn2c(-c3ccc(Cl)cc3)cc(C(N)=O)c2C)cc(OC)c1OC. The highest BCUT2D eigenvalue weighted by molar-refractivity contribution is 6.30. The van der Waals surface area contributed by atoms with Gasteiger partial charge >= 0.3 is 0 Å². The summed E-state index contributed by atoms with van der Waals surface area (Å²) in [6.45, 7) is 2.35. The van der Waals surface area contributed by atoms with Crippen molar-refractivity contribution in [3.05, 3.63) is 64.3 Å². The highest BCUT2D eigenvalue weighted by atomic mass is 35.5. The number of amides is 1. The van der Waals surface area contributed by atoms with Crippen LogP contribution in [0.2, 0.25) is 5.02 Å². The summed E-state index contributed by atoms with van der Waals surface area (Å²) in [7, 11) is 4.71. The lowest BCUT2D eigenvalue weighted by molar-refractivity contribution is 0.0999. The summed E-state index contributed by atoms with van der Waals surface area (Å²) in [6.07, 6.45) is 0. The number of carbonyl (C=O) groups is 1. The lowest BCUT2D eigenvalue weighted by Crippen LogP contribution is -2.13. The third-order valence-electron chi connectivity index (χ3n) is 4.84. The van der Waals surface area contributed by atoms with Gasteiger partial charge in [-0.25, -0.2) is 0 Å². The van der Waals surface area contributed by atoms with Gasteiger partial charge in [-0.2, -0.15) is 0 Å². The zero-order valence-electron chi connectivity index (χ0n) is 16.8. The molecule has 2 aromatic carbocycles. The van der Waals surface area contributed by atoms with E-state index in [2.05, 4.69) is 0 Å². The summed E-state index contributed by atoms with van der Waals surface area (Å²) >= 11 is 6.03. The normalized spacial score (nSPS) is 10.7. The van der Waals surface area contributed by atoms with Crippen LogP contribution in [0.25, 0.3) is 11.3 Å². The molecule has 152 valence electrons. The van der Waals surface area contributed by atoms with Gasteiger partial charge in [-0.1, -0.05) is 23.7 Å². The molecule has 1 aromatic heterocycles. The van der Waals surface area contributed by atoms with E-state index in [-0.39, 0.29) is 0 Å². The van der Waals surface area contributed by atoms with Crippen LogP contribution in [0.4, 0.5) is 0 Å². The van der Waals surface area contributed by atoms with Crippen molar-refractivity contribution in [3.63, 3.8) is 0 Å². The van der Waals surface area contributed by atoms with Crippen LogP contribution in [0.5, 0.6) is 17.2 Å². The number of rotatable bonds is 7. The van der Waals surface area contributed by atoms with Crippen molar-refractivity contribution in [2.45, 2.75) is 13.5 Å². The van der Waals surface area contributed by atoms with Gasteiger partial charge in [0.2, 0.25) is 5.75 Å². The topological polar surface area (TPSA) is 75.7 Å². The first-order valence-electron chi connectivity index (χ1n) is 8.94. The van der Waals surface area contributed by atoms with Crippen LogP contribution in [0, 0.1) is 6.92 Å². The molecule has 6 nitrogen and oxygen atoms in total. The number of benzene rings is 2. The van der Waals surface area contributed by atoms with Crippen molar-refractivity contribution in [3.8, 4) is 28.5 Å². The van der Waals surface area contributed by atoms with Gasteiger partial charge in [-0.3, -0.25) is 4.79 Å². The average Bonchev–Trinajstić information content (AvgIpc) is 3.04. The van der Waals surface area contributed by atoms with Gasteiger partial charge in [0.1, 0.15) is 0 Å². The fraction of sp³-hybridized carbons (Fsp3) is 0.227. The standard InChI is InChI=1S/C22H23ClN2O4/c1-13-17(22(24)26)11-18(15-5-7-16(23)8-6-15)25(13)12-14-9-19(27-2)21(29-4)20(10-14)28-3/h5-11H,12H2,1-4H3,(H2,24,26). The van der Waals surface area contributed by atoms with Gasteiger partial charge in [0.05, 0.1) is 26.9 Å². The fourth-order valence-corrected chi connectivity index (χ4v) is 3.49. The molecule has 0 radical (unpaired) electrons. The van der Waals surface area contributed by atoms with Crippen molar-refractivity contribution >= 4 is 17.5 Å². The molecular formula is C22H23ClN2O4. The van der Waals surface area contributed by atoms with Crippen LogP contribution in [0.1, 0.15) is 21.6 Å². The van der Waals surface area contributed by atoms with Crippen molar-refractivity contribution in [2.24, 2.45) is 5.73 Å². The number of nitrogens with two attached hydrogens (primary N) is 1. The van der Waals surface area contributed by atoms with E-state index < -0.39 is 5.91 Å². The van der Waals surface area contributed by atoms with Crippen molar-refractivity contribution in [1.29, 1.82) is 0 Å². The summed E-state index contributed by atoms with van der Waals surface area (Å²) in [5.41, 5.74) is 9.55. The highest BCUT2D eigenvalue weighted by Crippen LogP contribution is 2.39. The Morgan fingerprint density at radius 2 is 1.59 bits per heavy atom. The lowest BCUT2D eigenvalue weighted by atomic mass is 10.1. The number of primary amides is 1. The number of ether oxygens (including phenoxy) is 3. The molecule has 3 aromatic rings. The number of methoxy groups -OCH3 is 3. The molecule has 0 fully saturated rings. The van der Waals surface area contributed by atoms with Gasteiger partial charge in [0.25, 0.3) is 5.91 Å². The molecule has 0 aliphatic carbocycles. The largest absolute Gasteiger partial charge is 0.493 e. The van der Waals surface area contributed by atoms with Gasteiger partial charge in [0.15, 0.2) is 11.5 Å². The van der Waals surface area contributed by atoms with E-state index in [1.54, 1.807) is 27.4 Å². The van der Waals surface area contributed by atoms with E-state index in [0.29, 0.717) is 34.4 Å². The molecule has 1 heterocycles. The quantitative estimate of drug-likeness (QED) is 0.625. The van der Waals surface area contributed by atoms with Crippen LogP contribution in [-0.4, -0.2) is 31.8 Å². The number of hydrogen-bond donors (Lipinski definition) is 1. The first kappa shape index (κ1) is 20.6. The second-order valence-corrected chi connectivity index (χ2v) is 6.96. The van der Waals surface area contributed by atoms with E-state index in [9.17, 15) is 4.79 Å². The van der Waals surface area contributed by atoms with Crippen molar-refractivity contribution < 1.29 is 19.0 Å². The molecule has 0 saturated heterocycles. The van der Waals surface area contributed by atoms with Crippen LogP contribution >= 0.6 is 11.6 Å². The van der Waals surface area contributed by atoms with Crippen LogP contribution in [0.3, 0.4) is 0 Å². The minimum atomic E-state index is -0.471. The van der Waals surface area contributed by atoms with E-state index in [1.807, 2.05) is 47.9 Å². The molecule has 7 heteroatoms. The third-order valence-corrected chi connectivity index (χ3v) is 5.09. The molecule has 0 atom stereocenters. The Morgan fingerprint density at radius 3 is 2.07 bits per heavy atom. The molecule has 1 amide bonds. The monoisotopic (exact) mass is 414 g/mol. The average molecular weight is 415 g/mol. The number of aromatic nitrogens is 1. The summed E-state index contributed by atoms with van der Waals surface area (Å²) in [5.74, 6) is 1.18.